The minimum Gasteiger partial charge on any atom is -0.342 e. The number of hydrogen-bond donors (Lipinski definition) is 0. The third kappa shape index (κ3) is 4.14. The number of hydrogen-bond acceptors (Lipinski definition) is 5. The normalized spacial score (nSPS) is 12.5. The Morgan fingerprint density at radius 3 is 2.50 bits per heavy atom. The highest BCUT2D eigenvalue weighted by Gasteiger charge is 2.23. The fourth-order valence-electron chi connectivity index (χ4n) is 2.91. The molecule has 1 unspecified atom stereocenters. The molecule has 2 heterocycles. The summed E-state index contributed by atoms with van der Waals surface area (Å²) in [5, 5.41) is 1.12. The maximum absolute atomic E-state index is 13.1. The SMILES string of the molecule is CCCCn1c(SC(C)C(=O)N(CC)CC)nc2sc(C)c(C)c2c1=O. The lowest BCUT2D eigenvalue weighted by Crippen LogP contribution is -2.36. The standard InChI is InChI=1S/C19H29N3O2S2/c1-7-10-11-22-18(24)15-12(4)13(5)25-16(15)20-19(22)26-14(6)17(23)21(8-2)9-3/h14H,7-11H2,1-6H3. The number of carbonyl (C=O) groups excluding carboxylic acids is 1. The van der Waals surface area contributed by atoms with E-state index in [1.807, 2.05) is 39.5 Å². The van der Waals surface area contributed by atoms with Crippen molar-refractivity contribution < 1.29 is 4.79 Å². The molecule has 5 nitrogen and oxygen atoms in total. The van der Waals surface area contributed by atoms with Gasteiger partial charge in [-0.2, -0.15) is 0 Å². The van der Waals surface area contributed by atoms with Gasteiger partial charge in [-0.1, -0.05) is 25.1 Å². The Labute approximate surface area is 163 Å². The zero-order valence-electron chi connectivity index (χ0n) is 16.6. The van der Waals surface area contributed by atoms with Crippen molar-refractivity contribution in [3.05, 3.63) is 20.8 Å². The summed E-state index contributed by atoms with van der Waals surface area (Å²) in [5.41, 5.74) is 1.05. The van der Waals surface area contributed by atoms with Crippen molar-refractivity contribution in [2.45, 2.75) is 71.3 Å². The van der Waals surface area contributed by atoms with E-state index in [-0.39, 0.29) is 16.7 Å². The van der Waals surface area contributed by atoms with Crippen molar-refractivity contribution in [2.24, 2.45) is 0 Å². The van der Waals surface area contributed by atoms with E-state index in [0.29, 0.717) is 24.8 Å². The molecule has 144 valence electrons. The lowest BCUT2D eigenvalue weighted by atomic mass is 10.2. The van der Waals surface area contributed by atoms with Gasteiger partial charge >= 0.3 is 0 Å². The molecule has 7 heteroatoms. The molecule has 0 aliphatic carbocycles. The van der Waals surface area contributed by atoms with Crippen molar-refractivity contribution in [2.75, 3.05) is 13.1 Å². The lowest BCUT2D eigenvalue weighted by Gasteiger charge is -2.23. The van der Waals surface area contributed by atoms with Crippen LogP contribution in [-0.4, -0.2) is 38.7 Å². The first kappa shape index (κ1) is 21.0. The molecule has 0 aliphatic rings. The monoisotopic (exact) mass is 395 g/mol. The minimum absolute atomic E-state index is 0.0234. The summed E-state index contributed by atoms with van der Waals surface area (Å²) in [5.74, 6) is 0.0925. The molecule has 0 saturated heterocycles. The van der Waals surface area contributed by atoms with E-state index in [9.17, 15) is 9.59 Å². The van der Waals surface area contributed by atoms with Crippen LogP contribution in [0.1, 0.15) is 51.0 Å². The number of nitrogens with zero attached hydrogens (tertiary/aromatic N) is 3. The van der Waals surface area contributed by atoms with Crippen LogP contribution in [0.15, 0.2) is 9.95 Å². The number of aryl methyl sites for hydroxylation is 2. The van der Waals surface area contributed by atoms with Gasteiger partial charge in [0.1, 0.15) is 4.83 Å². The number of unbranched alkanes of at least 4 members (excludes halogenated alkanes) is 1. The van der Waals surface area contributed by atoms with Crippen LogP contribution in [-0.2, 0) is 11.3 Å². The van der Waals surface area contributed by atoms with Crippen molar-refractivity contribution >= 4 is 39.2 Å². The molecule has 2 aromatic rings. The summed E-state index contributed by atoms with van der Waals surface area (Å²) < 4.78 is 1.77. The summed E-state index contributed by atoms with van der Waals surface area (Å²) in [4.78, 5) is 34.2. The largest absolute Gasteiger partial charge is 0.342 e. The Morgan fingerprint density at radius 1 is 1.27 bits per heavy atom. The van der Waals surface area contributed by atoms with Crippen molar-refractivity contribution in [3.63, 3.8) is 0 Å². The Bertz CT molecular complexity index is 837. The predicted octanol–water partition coefficient (Wildman–Crippen LogP) is 4.22. The van der Waals surface area contributed by atoms with E-state index < -0.39 is 0 Å². The van der Waals surface area contributed by atoms with E-state index in [4.69, 9.17) is 4.98 Å². The van der Waals surface area contributed by atoms with E-state index in [1.165, 1.54) is 11.8 Å². The molecule has 0 aromatic carbocycles. The highest BCUT2D eigenvalue weighted by Crippen LogP contribution is 2.30. The van der Waals surface area contributed by atoms with Crippen molar-refractivity contribution in [1.29, 1.82) is 0 Å². The quantitative estimate of drug-likeness (QED) is 0.496. The Kier molecular flexibility index (Phi) is 7.29. The summed E-state index contributed by atoms with van der Waals surface area (Å²) in [7, 11) is 0. The number of rotatable bonds is 8. The van der Waals surface area contributed by atoms with E-state index in [0.717, 1.165) is 33.5 Å². The zero-order chi connectivity index (χ0) is 19.4. The molecule has 0 spiro atoms. The molecular formula is C19H29N3O2S2. The van der Waals surface area contributed by atoms with Crippen LogP contribution >= 0.6 is 23.1 Å². The average Bonchev–Trinajstić information content (AvgIpc) is 2.89. The topological polar surface area (TPSA) is 55.2 Å². The number of amides is 1. The molecule has 0 radical (unpaired) electrons. The van der Waals surface area contributed by atoms with Crippen LogP contribution in [0.3, 0.4) is 0 Å². The Hall–Kier alpha value is -1.34. The van der Waals surface area contributed by atoms with Gasteiger partial charge in [-0.25, -0.2) is 4.98 Å². The first-order valence-corrected chi connectivity index (χ1v) is 11.0. The van der Waals surface area contributed by atoms with Gasteiger partial charge in [0.25, 0.3) is 5.56 Å². The second kappa shape index (κ2) is 9.04. The second-order valence-electron chi connectivity index (χ2n) is 6.44. The number of carbonyl (C=O) groups is 1. The van der Waals surface area contributed by atoms with Gasteiger partial charge in [0.05, 0.1) is 10.6 Å². The van der Waals surface area contributed by atoms with Crippen LogP contribution in [0.2, 0.25) is 0 Å². The molecule has 0 fully saturated rings. The van der Waals surface area contributed by atoms with Gasteiger partial charge in [-0.15, -0.1) is 11.3 Å². The number of fused-ring (bicyclic) bond motifs is 1. The maximum atomic E-state index is 13.1. The van der Waals surface area contributed by atoms with E-state index in [1.54, 1.807) is 15.9 Å². The smallest absolute Gasteiger partial charge is 0.263 e. The fraction of sp³-hybridized carbons (Fsp3) is 0.632. The first-order chi connectivity index (χ1) is 12.3. The molecule has 26 heavy (non-hydrogen) atoms. The third-order valence-corrected chi connectivity index (χ3v) is 6.87. The Balaban J connectivity index is 2.47. The number of thioether (sulfide) groups is 1. The highest BCUT2D eigenvalue weighted by atomic mass is 32.2. The average molecular weight is 396 g/mol. The van der Waals surface area contributed by atoms with Gasteiger partial charge in [0.15, 0.2) is 5.16 Å². The predicted molar refractivity (Wildman–Crippen MR) is 112 cm³/mol. The maximum Gasteiger partial charge on any atom is 0.263 e. The molecule has 1 amide bonds. The lowest BCUT2D eigenvalue weighted by molar-refractivity contribution is -0.129. The van der Waals surface area contributed by atoms with Crippen LogP contribution in [0.4, 0.5) is 0 Å². The first-order valence-electron chi connectivity index (χ1n) is 9.31. The van der Waals surface area contributed by atoms with Crippen LogP contribution < -0.4 is 5.56 Å². The second-order valence-corrected chi connectivity index (χ2v) is 8.95. The highest BCUT2D eigenvalue weighted by molar-refractivity contribution is 8.00. The fourth-order valence-corrected chi connectivity index (χ4v) is 5.00. The van der Waals surface area contributed by atoms with Gasteiger partial charge in [-0.3, -0.25) is 14.2 Å². The molecule has 2 aromatic heterocycles. The summed E-state index contributed by atoms with van der Waals surface area (Å²) in [6.07, 6.45) is 1.92. The summed E-state index contributed by atoms with van der Waals surface area (Å²) in [6, 6.07) is 0. The van der Waals surface area contributed by atoms with Crippen molar-refractivity contribution in [1.82, 2.24) is 14.5 Å². The Morgan fingerprint density at radius 2 is 1.92 bits per heavy atom. The molecule has 0 N–H and O–H groups in total. The van der Waals surface area contributed by atoms with Gasteiger partial charge < -0.3 is 4.90 Å². The van der Waals surface area contributed by atoms with E-state index >= 15 is 0 Å². The molecular weight excluding hydrogens is 366 g/mol. The van der Waals surface area contributed by atoms with Gasteiger partial charge in [0.2, 0.25) is 5.91 Å². The number of aromatic nitrogens is 2. The van der Waals surface area contributed by atoms with Crippen molar-refractivity contribution in [3.8, 4) is 0 Å². The van der Waals surface area contributed by atoms with E-state index in [2.05, 4.69) is 6.92 Å². The van der Waals surface area contributed by atoms with Crippen LogP contribution in [0.5, 0.6) is 0 Å². The van der Waals surface area contributed by atoms with Gasteiger partial charge in [-0.05, 0) is 46.6 Å². The molecule has 1 atom stereocenters. The van der Waals surface area contributed by atoms with Crippen LogP contribution in [0.25, 0.3) is 10.2 Å². The molecule has 2 rings (SSSR count). The summed E-state index contributed by atoms with van der Waals surface area (Å²) in [6.45, 7) is 14.0. The molecule has 0 saturated carbocycles. The van der Waals surface area contributed by atoms with Gasteiger partial charge in [0, 0.05) is 24.5 Å². The zero-order valence-corrected chi connectivity index (χ0v) is 18.2. The number of thiophene rings is 1. The minimum atomic E-state index is -0.269. The summed E-state index contributed by atoms with van der Waals surface area (Å²) >= 11 is 2.96. The molecule has 0 bridgehead atoms. The third-order valence-electron chi connectivity index (χ3n) is 4.69. The molecule has 0 aliphatic heterocycles. The van der Waals surface area contributed by atoms with Crippen LogP contribution in [0, 0.1) is 13.8 Å².